The first-order valence-electron chi connectivity index (χ1n) is 4.45. The maximum absolute atomic E-state index is 12.9. The molecule has 1 rings (SSSR count). The van der Waals surface area contributed by atoms with Crippen LogP contribution in [0.4, 0.5) is 16.8 Å². The predicted octanol–water partition coefficient (Wildman–Crippen LogP) is 3.19. The molecule has 0 bridgehead atoms. The molecular formula is C8H7BF4IO2S-. The summed E-state index contributed by atoms with van der Waals surface area (Å²) in [5, 5.41) is 0. The number of halogens is 5. The third-order valence-electron chi connectivity index (χ3n) is 2.15. The Morgan fingerprint density at radius 3 is 2.24 bits per heavy atom. The minimum atomic E-state index is -5.09. The van der Waals surface area contributed by atoms with E-state index in [-0.39, 0.29) is 14.7 Å². The Kier molecular flexibility index (Phi) is 4.12. The Bertz CT molecular complexity index is 541. The van der Waals surface area contributed by atoms with Crippen LogP contribution < -0.4 is 0 Å². The van der Waals surface area contributed by atoms with Crippen molar-refractivity contribution in [2.45, 2.75) is 18.1 Å². The Balaban J connectivity index is 3.40. The van der Waals surface area contributed by atoms with Gasteiger partial charge in [-0.3, -0.25) is 0 Å². The molecule has 0 saturated heterocycles. The highest BCUT2D eigenvalue weighted by Gasteiger charge is 2.26. The minimum absolute atomic E-state index is 0.188. The molecule has 1 aromatic rings. The first kappa shape index (κ1) is 14.7. The van der Waals surface area contributed by atoms with Crippen LogP contribution in [0, 0.1) is 10.5 Å². The summed E-state index contributed by atoms with van der Waals surface area (Å²) in [5.41, 5.74) is -0.396. The van der Waals surface area contributed by atoms with Gasteiger partial charge in [0, 0.05) is 3.57 Å². The molecule has 0 unspecified atom stereocenters. The molecule has 0 fully saturated rings. The van der Waals surface area contributed by atoms with Crippen molar-refractivity contribution >= 4 is 39.8 Å². The lowest BCUT2D eigenvalue weighted by Crippen LogP contribution is -2.20. The molecule has 0 heterocycles. The van der Waals surface area contributed by atoms with Crippen molar-refractivity contribution in [1.82, 2.24) is 0 Å². The van der Waals surface area contributed by atoms with Crippen molar-refractivity contribution in [2.24, 2.45) is 0 Å². The van der Waals surface area contributed by atoms with Crippen molar-refractivity contribution < 1.29 is 25.3 Å². The van der Waals surface area contributed by atoms with Crippen LogP contribution in [0.15, 0.2) is 17.0 Å². The van der Waals surface area contributed by atoms with Crippen molar-refractivity contribution in [3.63, 3.8) is 0 Å². The van der Waals surface area contributed by atoms with Gasteiger partial charge in [0.2, 0.25) is 0 Å². The normalized spacial score (nSPS) is 12.8. The van der Waals surface area contributed by atoms with E-state index in [4.69, 9.17) is 0 Å². The lowest BCUT2D eigenvalue weighted by molar-refractivity contribution is 0.468. The second-order valence-electron chi connectivity index (χ2n) is 3.54. The van der Waals surface area contributed by atoms with Crippen LogP contribution in [-0.2, 0) is 16.5 Å². The van der Waals surface area contributed by atoms with Crippen molar-refractivity contribution in [3.05, 3.63) is 26.8 Å². The second kappa shape index (κ2) is 4.75. The summed E-state index contributed by atoms with van der Waals surface area (Å²) in [5.74, 6) is 0. The molecule has 0 amide bonds. The van der Waals surface area contributed by atoms with Gasteiger partial charge in [0.05, 0.1) is 0 Å². The molecule has 0 aliphatic rings. The van der Waals surface area contributed by atoms with Crippen molar-refractivity contribution in [2.75, 3.05) is 0 Å². The molecule has 0 aliphatic heterocycles. The Morgan fingerprint density at radius 2 is 1.82 bits per heavy atom. The summed E-state index contributed by atoms with van der Waals surface area (Å²) < 4.78 is 71.6. The van der Waals surface area contributed by atoms with Gasteiger partial charge in [0.15, 0.2) is 0 Å². The van der Waals surface area contributed by atoms with Gasteiger partial charge >= 0.3 is 17.2 Å². The zero-order valence-electron chi connectivity index (χ0n) is 8.55. The smallest absolute Gasteiger partial charge is 0.449 e. The van der Waals surface area contributed by atoms with Crippen molar-refractivity contribution in [3.8, 4) is 0 Å². The summed E-state index contributed by atoms with van der Waals surface area (Å²) in [7, 11) is -5.00. The number of benzene rings is 1. The third-order valence-corrected chi connectivity index (χ3v) is 3.72. The molecule has 9 heteroatoms. The van der Waals surface area contributed by atoms with E-state index in [9.17, 15) is 25.3 Å². The van der Waals surface area contributed by atoms with E-state index >= 15 is 0 Å². The van der Waals surface area contributed by atoms with Gasteiger partial charge in [-0.1, -0.05) is 11.9 Å². The Morgan fingerprint density at radius 1 is 1.29 bits per heavy atom. The molecular weight excluding hydrogens is 374 g/mol. The molecule has 0 spiro atoms. The monoisotopic (exact) mass is 381 g/mol. The second-order valence-corrected chi connectivity index (χ2v) is 6.10. The Hall–Kier alpha value is -0.315. The fraction of sp³-hybridized carbons (Fsp3) is 0.250. The predicted molar refractivity (Wildman–Crippen MR) is 65.0 cm³/mol. The fourth-order valence-electron chi connectivity index (χ4n) is 1.42. The van der Waals surface area contributed by atoms with E-state index in [2.05, 4.69) is 0 Å². The highest BCUT2D eigenvalue weighted by atomic mass is 127. The average molecular weight is 381 g/mol. The van der Waals surface area contributed by atoms with Gasteiger partial charge in [-0.15, -0.1) is 3.89 Å². The average Bonchev–Trinajstić information content (AvgIpc) is 2.06. The van der Waals surface area contributed by atoms with Crippen molar-refractivity contribution in [1.29, 1.82) is 0 Å². The van der Waals surface area contributed by atoms with E-state index in [1.54, 1.807) is 22.6 Å². The maximum atomic E-state index is 12.9. The number of rotatable bonds is 3. The molecule has 0 aromatic heterocycles. The summed E-state index contributed by atoms with van der Waals surface area (Å²) >= 11 is 1.65. The molecule has 2 nitrogen and oxygen atoms in total. The third kappa shape index (κ3) is 4.13. The van der Waals surface area contributed by atoms with Crippen LogP contribution >= 0.6 is 22.6 Å². The van der Waals surface area contributed by atoms with Gasteiger partial charge in [0.25, 0.3) is 0 Å². The summed E-state index contributed by atoms with van der Waals surface area (Å²) in [6.45, 7) is -3.92. The van der Waals surface area contributed by atoms with Gasteiger partial charge in [-0.25, -0.2) is 0 Å². The quantitative estimate of drug-likeness (QED) is 0.349. The van der Waals surface area contributed by atoms with Gasteiger partial charge in [-0.05, 0) is 47.2 Å². The SMILES string of the molecule is Cc1c(C[B-](F)(F)F)cc(I)cc1S(=O)(=O)F. The Labute approximate surface area is 110 Å². The zero-order valence-corrected chi connectivity index (χ0v) is 11.5. The van der Waals surface area contributed by atoms with Crippen LogP contribution in [0.5, 0.6) is 0 Å². The van der Waals surface area contributed by atoms with Gasteiger partial charge in [0.1, 0.15) is 4.90 Å². The molecule has 1 aromatic carbocycles. The molecule has 96 valence electrons. The van der Waals surface area contributed by atoms with Crippen LogP contribution in [0.25, 0.3) is 0 Å². The lowest BCUT2D eigenvalue weighted by atomic mass is 9.80. The van der Waals surface area contributed by atoms with E-state index < -0.39 is 28.4 Å². The zero-order chi connectivity index (χ0) is 13.4. The molecule has 0 N–H and O–H groups in total. The first-order valence-corrected chi connectivity index (χ1v) is 6.91. The van der Waals surface area contributed by atoms with E-state index in [0.717, 1.165) is 6.07 Å². The van der Waals surface area contributed by atoms with Gasteiger partial charge < -0.3 is 12.9 Å². The molecule has 0 radical (unpaired) electrons. The van der Waals surface area contributed by atoms with E-state index in [0.29, 0.717) is 0 Å². The minimum Gasteiger partial charge on any atom is -0.449 e. The van der Waals surface area contributed by atoms with Crippen LogP contribution in [0.1, 0.15) is 11.1 Å². The standard InChI is InChI=1S/C8H7BF4IO2S/c1-5-6(4-9(10,11)12)2-7(14)3-8(5)17(13,15)16/h2-3H,4H2,1H3/q-1. The van der Waals surface area contributed by atoms with Gasteiger partial charge in [-0.2, -0.15) is 8.42 Å². The largest absolute Gasteiger partial charge is 0.482 e. The highest BCUT2D eigenvalue weighted by molar-refractivity contribution is 14.1. The molecule has 17 heavy (non-hydrogen) atoms. The number of hydrogen-bond acceptors (Lipinski definition) is 2. The molecule has 0 atom stereocenters. The fourth-order valence-corrected chi connectivity index (χ4v) is 3.09. The maximum Gasteiger partial charge on any atom is 0.482 e. The van der Waals surface area contributed by atoms with Crippen LogP contribution in [-0.4, -0.2) is 15.4 Å². The first-order chi connectivity index (χ1) is 7.50. The molecule has 0 aliphatic carbocycles. The highest BCUT2D eigenvalue weighted by Crippen LogP contribution is 2.27. The summed E-state index contributed by atoms with van der Waals surface area (Å²) in [6, 6.07) is 2.22. The number of hydrogen-bond donors (Lipinski definition) is 0. The van der Waals surface area contributed by atoms with Crippen LogP contribution in [0.2, 0.25) is 0 Å². The van der Waals surface area contributed by atoms with E-state index in [1.807, 2.05) is 0 Å². The summed E-state index contributed by atoms with van der Waals surface area (Å²) in [4.78, 5) is -0.695. The molecule has 0 saturated carbocycles. The topological polar surface area (TPSA) is 34.1 Å². The lowest BCUT2D eigenvalue weighted by Gasteiger charge is -2.17. The summed E-state index contributed by atoms with van der Waals surface area (Å²) in [6.07, 6.45) is -1.22. The van der Waals surface area contributed by atoms with E-state index in [1.165, 1.54) is 13.0 Å². The van der Waals surface area contributed by atoms with Crippen LogP contribution in [0.3, 0.4) is 0 Å².